The van der Waals surface area contributed by atoms with Gasteiger partial charge in [-0.2, -0.15) is 0 Å². The van der Waals surface area contributed by atoms with Crippen LogP contribution in [0.3, 0.4) is 0 Å². The maximum Gasteiger partial charge on any atom is 0.239 e. The minimum absolute atomic E-state index is 0.0992. The largest absolute Gasteiger partial charge is 0.360 e. The van der Waals surface area contributed by atoms with E-state index in [1.165, 1.54) is 16.8 Å². The summed E-state index contributed by atoms with van der Waals surface area (Å²) in [7, 11) is 0. The zero-order valence-corrected chi connectivity index (χ0v) is 11.0. The van der Waals surface area contributed by atoms with Gasteiger partial charge in [0, 0.05) is 12.2 Å². The molecule has 0 saturated carbocycles. The molecule has 0 aromatic heterocycles. The topological polar surface area (TPSA) is 32.3 Å². The Morgan fingerprint density at radius 1 is 1.29 bits per heavy atom. The molecule has 0 bridgehead atoms. The van der Waals surface area contributed by atoms with Crippen molar-refractivity contribution in [1.82, 2.24) is 5.32 Å². The Bertz CT molecular complexity index is 452. The van der Waals surface area contributed by atoms with Gasteiger partial charge in [0.1, 0.15) is 0 Å². The Balaban J connectivity index is 2.33. The van der Waals surface area contributed by atoms with Gasteiger partial charge in [-0.3, -0.25) is 4.79 Å². The fourth-order valence-corrected chi connectivity index (χ4v) is 2.39. The summed E-state index contributed by atoms with van der Waals surface area (Å²) in [5.41, 5.74) is 3.47. The molecule has 1 amide bonds. The SMILES string of the molecule is Cc1ccc(C)c(N2CC(=O)NC(C)(C)C2)c1. The molecule has 1 heterocycles. The Kier molecular flexibility index (Phi) is 2.86. The first-order valence-electron chi connectivity index (χ1n) is 6.01. The van der Waals surface area contributed by atoms with Crippen LogP contribution >= 0.6 is 0 Å². The first kappa shape index (κ1) is 12.0. The van der Waals surface area contributed by atoms with Crippen LogP contribution in [-0.2, 0) is 4.79 Å². The van der Waals surface area contributed by atoms with Crippen LogP contribution in [0.15, 0.2) is 18.2 Å². The fourth-order valence-electron chi connectivity index (χ4n) is 2.39. The third kappa shape index (κ3) is 2.60. The summed E-state index contributed by atoms with van der Waals surface area (Å²) in [6.45, 7) is 9.59. The molecule has 3 nitrogen and oxygen atoms in total. The second-order valence-corrected chi connectivity index (χ2v) is 5.58. The van der Waals surface area contributed by atoms with E-state index in [1.807, 2.05) is 0 Å². The number of amides is 1. The van der Waals surface area contributed by atoms with Crippen LogP contribution < -0.4 is 10.2 Å². The van der Waals surface area contributed by atoms with Gasteiger partial charge in [-0.15, -0.1) is 0 Å². The summed E-state index contributed by atoms with van der Waals surface area (Å²) in [5, 5.41) is 3.01. The molecule has 1 aliphatic heterocycles. The minimum Gasteiger partial charge on any atom is -0.360 e. The molecule has 1 aliphatic rings. The molecule has 1 aromatic carbocycles. The lowest BCUT2D eigenvalue weighted by molar-refractivity contribution is -0.122. The van der Waals surface area contributed by atoms with Gasteiger partial charge >= 0.3 is 0 Å². The Hall–Kier alpha value is -1.51. The van der Waals surface area contributed by atoms with Crippen LogP contribution in [0.1, 0.15) is 25.0 Å². The summed E-state index contributed by atoms with van der Waals surface area (Å²) in [6, 6.07) is 6.38. The van der Waals surface area contributed by atoms with Crippen LogP contribution in [0.4, 0.5) is 5.69 Å². The van der Waals surface area contributed by atoms with E-state index in [0.29, 0.717) is 6.54 Å². The molecule has 92 valence electrons. The number of rotatable bonds is 1. The molecule has 1 saturated heterocycles. The molecule has 2 rings (SSSR count). The van der Waals surface area contributed by atoms with Crippen molar-refractivity contribution in [3.63, 3.8) is 0 Å². The smallest absolute Gasteiger partial charge is 0.239 e. The summed E-state index contributed by atoms with van der Waals surface area (Å²) in [4.78, 5) is 13.9. The Morgan fingerprint density at radius 3 is 2.65 bits per heavy atom. The van der Waals surface area contributed by atoms with E-state index in [4.69, 9.17) is 0 Å². The van der Waals surface area contributed by atoms with Crippen molar-refractivity contribution in [1.29, 1.82) is 0 Å². The lowest BCUT2D eigenvalue weighted by Crippen LogP contribution is -2.60. The van der Waals surface area contributed by atoms with E-state index in [2.05, 4.69) is 56.1 Å². The standard InChI is InChI=1S/C14H20N2O/c1-10-5-6-11(2)12(7-10)16-8-13(17)15-14(3,4)9-16/h5-7H,8-9H2,1-4H3,(H,15,17). The van der Waals surface area contributed by atoms with Crippen molar-refractivity contribution in [3.8, 4) is 0 Å². The van der Waals surface area contributed by atoms with Gasteiger partial charge in [0.05, 0.1) is 12.1 Å². The zero-order chi connectivity index (χ0) is 12.6. The van der Waals surface area contributed by atoms with Crippen molar-refractivity contribution in [2.75, 3.05) is 18.0 Å². The highest BCUT2D eigenvalue weighted by Crippen LogP contribution is 2.24. The number of carbonyl (C=O) groups is 1. The summed E-state index contributed by atoms with van der Waals surface area (Å²) >= 11 is 0. The number of anilines is 1. The lowest BCUT2D eigenvalue weighted by Gasteiger charge is -2.40. The first-order chi connectivity index (χ1) is 7.87. The summed E-state index contributed by atoms with van der Waals surface area (Å²) in [5.74, 6) is 0.0992. The lowest BCUT2D eigenvalue weighted by atomic mass is 10.00. The fraction of sp³-hybridized carbons (Fsp3) is 0.500. The minimum atomic E-state index is -0.161. The number of hydrogen-bond acceptors (Lipinski definition) is 2. The molecule has 0 spiro atoms. The number of piperazine rings is 1. The molecule has 3 heteroatoms. The second-order valence-electron chi connectivity index (χ2n) is 5.58. The predicted molar refractivity (Wildman–Crippen MR) is 70.4 cm³/mol. The highest BCUT2D eigenvalue weighted by atomic mass is 16.2. The predicted octanol–water partition coefficient (Wildman–Crippen LogP) is 2.02. The third-order valence-electron chi connectivity index (χ3n) is 3.10. The quantitative estimate of drug-likeness (QED) is 0.803. The maximum atomic E-state index is 11.7. The average Bonchev–Trinajstić information content (AvgIpc) is 2.18. The van der Waals surface area contributed by atoms with Gasteiger partial charge in [-0.25, -0.2) is 0 Å². The number of nitrogens with one attached hydrogen (secondary N) is 1. The molecule has 17 heavy (non-hydrogen) atoms. The van der Waals surface area contributed by atoms with Gasteiger partial charge in [-0.1, -0.05) is 12.1 Å². The van der Waals surface area contributed by atoms with Gasteiger partial charge in [-0.05, 0) is 44.9 Å². The number of benzene rings is 1. The molecular formula is C14H20N2O. The van der Waals surface area contributed by atoms with E-state index in [9.17, 15) is 4.79 Å². The number of hydrogen-bond donors (Lipinski definition) is 1. The molecular weight excluding hydrogens is 212 g/mol. The van der Waals surface area contributed by atoms with E-state index < -0.39 is 0 Å². The van der Waals surface area contributed by atoms with E-state index in [0.717, 1.165) is 6.54 Å². The van der Waals surface area contributed by atoms with Crippen LogP contribution in [0, 0.1) is 13.8 Å². The highest BCUT2D eigenvalue weighted by molar-refractivity contribution is 5.84. The van der Waals surface area contributed by atoms with Gasteiger partial charge in [0.25, 0.3) is 0 Å². The number of aryl methyl sites for hydroxylation is 2. The van der Waals surface area contributed by atoms with E-state index >= 15 is 0 Å². The number of carbonyl (C=O) groups excluding carboxylic acids is 1. The van der Waals surface area contributed by atoms with Gasteiger partial charge in [0.15, 0.2) is 0 Å². The third-order valence-corrected chi connectivity index (χ3v) is 3.10. The monoisotopic (exact) mass is 232 g/mol. The normalized spacial score (nSPS) is 19.1. The van der Waals surface area contributed by atoms with Crippen LogP contribution in [0.2, 0.25) is 0 Å². The van der Waals surface area contributed by atoms with Crippen molar-refractivity contribution in [2.24, 2.45) is 0 Å². The van der Waals surface area contributed by atoms with Crippen LogP contribution in [0.5, 0.6) is 0 Å². The summed E-state index contributed by atoms with van der Waals surface area (Å²) < 4.78 is 0. The average molecular weight is 232 g/mol. The first-order valence-corrected chi connectivity index (χ1v) is 6.01. The molecule has 1 aromatic rings. The van der Waals surface area contributed by atoms with Gasteiger partial charge < -0.3 is 10.2 Å². The van der Waals surface area contributed by atoms with Crippen molar-refractivity contribution >= 4 is 11.6 Å². The molecule has 0 radical (unpaired) electrons. The summed E-state index contributed by atoms with van der Waals surface area (Å²) in [6.07, 6.45) is 0. The van der Waals surface area contributed by atoms with Gasteiger partial charge in [0.2, 0.25) is 5.91 Å². The van der Waals surface area contributed by atoms with Crippen LogP contribution in [-0.4, -0.2) is 24.5 Å². The molecule has 1 N–H and O–H groups in total. The highest BCUT2D eigenvalue weighted by Gasteiger charge is 2.30. The van der Waals surface area contributed by atoms with Crippen molar-refractivity contribution in [2.45, 2.75) is 33.2 Å². The molecule has 1 fully saturated rings. The molecule has 0 aliphatic carbocycles. The maximum absolute atomic E-state index is 11.7. The number of nitrogens with zero attached hydrogens (tertiary/aromatic N) is 1. The van der Waals surface area contributed by atoms with Crippen molar-refractivity contribution < 1.29 is 4.79 Å². The Labute approximate surface area is 103 Å². The zero-order valence-electron chi connectivity index (χ0n) is 11.0. The van der Waals surface area contributed by atoms with Crippen molar-refractivity contribution in [3.05, 3.63) is 29.3 Å². The second kappa shape index (κ2) is 4.06. The van der Waals surface area contributed by atoms with Crippen LogP contribution in [0.25, 0.3) is 0 Å². The Morgan fingerprint density at radius 2 is 2.00 bits per heavy atom. The van der Waals surface area contributed by atoms with E-state index in [1.54, 1.807) is 0 Å². The van der Waals surface area contributed by atoms with E-state index in [-0.39, 0.29) is 11.4 Å². The molecule has 0 atom stereocenters. The molecule has 0 unspecified atom stereocenters.